The molecule has 6 nitrogen and oxygen atoms in total. The molecule has 1 heterocycles. The van der Waals surface area contributed by atoms with Gasteiger partial charge in [-0.2, -0.15) is 0 Å². The van der Waals surface area contributed by atoms with Crippen molar-refractivity contribution in [2.45, 2.75) is 0 Å². The van der Waals surface area contributed by atoms with Crippen LogP contribution in [0.25, 0.3) is 0 Å². The Morgan fingerprint density at radius 1 is 0.762 bits per heavy atom. The average molecular weight is 286 g/mol. The molecule has 0 radical (unpaired) electrons. The van der Waals surface area contributed by atoms with Crippen LogP contribution in [0.5, 0.6) is 11.5 Å². The topological polar surface area (TPSA) is 121 Å². The van der Waals surface area contributed by atoms with Crippen molar-refractivity contribution in [2.24, 2.45) is 0 Å². The van der Waals surface area contributed by atoms with Crippen LogP contribution in [0.2, 0.25) is 0 Å². The lowest BCUT2D eigenvalue weighted by Crippen LogP contribution is -1.80. The van der Waals surface area contributed by atoms with Crippen LogP contribution in [0.15, 0.2) is 67.3 Å². The van der Waals surface area contributed by atoms with Gasteiger partial charge in [0, 0.05) is 23.8 Å². The van der Waals surface area contributed by atoms with Gasteiger partial charge in [-0.25, -0.2) is 4.98 Å². The molecule has 110 valence electrons. The SMILES string of the molecule is Nc1ccc(O)cc1.Nc1ccc(O)cc1.c1c[nH]cn1. The predicted octanol–water partition coefficient (Wildman–Crippen LogP) is 2.36. The summed E-state index contributed by atoms with van der Waals surface area (Å²) in [6, 6.07) is 12.8. The Hall–Kier alpha value is -3.15. The van der Waals surface area contributed by atoms with Gasteiger partial charge in [-0.3, -0.25) is 0 Å². The summed E-state index contributed by atoms with van der Waals surface area (Å²) in [4.78, 5) is 6.42. The second-order valence-electron chi connectivity index (χ2n) is 3.94. The minimum Gasteiger partial charge on any atom is -0.508 e. The summed E-state index contributed by atoms with van der Waals surface area (Å²) in [5.41, 5.74) is 12.0. The van der Waals surface area contributed by atoms with Gasteiger partial charge in [0.25, 0.3) is 0 Å². The van der Waals surface area contributed by atoms with Crippen molar-refractivity contribution in [3.8, 4) is 11.5 Å². The minimum atomic E-state index is 0.249. The van der Waals surface area contributed by atoms with Crippen molar-refractivity contribution >= 4 is 11.4 Å². The highest BCUT2D eigenvalue weighted by atomic mass is 16.3. The fraction of sp³-hybridized carbons (Fsp3) is 0. The van der Waals surface area contributed by atoms with E-state index in [4.69, 9.17) is 21.7 Å². The fourth-order valence-corrected chi connectivity index (χ4v) is 1.16. The number of phenols is 2. The van der Waals surface area contributed by atoms with Crippen LogP contribution in [0.3, 0.4) is 0 Å². The number of rotatable bonds is 0. The number of H-pyrrole nitrogens is 1. The number of nitrogens with zero attached hydrogens (tertiary/aromatic N) is 1. The lowest BCUT2D eigenvalue weighted by atomic mass is 10.3. The van der Waals surface area contributed by atoms with Crippen molar-refractivity contribution in [1.82, 2.24) is 9.97 Å². The summed E-state index contributed by atoms with van der Waals surface area (Å²) in [5, 5.41) is 17.4. The number of aromatic amines is 1. The van der Waals surface area contributed by atoms with Crippen molar-refractivity contribution in [1.29, 1.82) is 0 Å². The number of nitrogens with two attached hydrogens (primary N) is 2. The number of nitrogen functional groups attached to an aromatic ring is 2. The highest BCUT2D eigenvalue weighted by molar-refractivity contribution is 5.41. The second kappa shape index (κ2) is 8.87. The second-order valence-corrected chi connectivity index (χ2v) is 3.94. The lowest BCUT2D eigenvalue weighted by molar-refractivity contribution is 0.475. The smallest absolute Gasteiger partial charge is 0.115 e. The highest BCUT2D eigenvalue weighted by Gasteiger charge is 1.83. The van der Waals surface area contributed by atoms with Gasteiger partial charge in [0.2, 0.25) is 0 Å². The molecule has 0 fully saturated rings. The third-order valence-electron chi connectivity index (χ3n) is 2.19. The molecule has 0 spiro atoms. The maximum atomic E-state index is 8.70. The van der Waals surface area contributed by atoms with Crippen LogP contribution in [0.1, 0.15) is 0 Å². The van der Waals surface area contributed by atoms with E-state index in [1.54, 1.807) is 67.3 Å². The van der Waals surface area contributed by atoms with Crippen LogP contribution in [0.4, 0.5) is 11.4 Å². The molecule has 0 aliphatic rings. The van der Waals surface area contributed by atoms with Crippen LogP contribution >= 0.6 is 0 Å². The zero-order valence-electron chi connectivity index (χ0n) is 11.3. The van der Waals surface area contributed by atoms with E-state index in [2.05, 4.69) is 9.97 Å². The number of nitrogens with one attached hydrogen (secondary N) is 1. The summed E-state index contributed by atoms with van der Waals surface area (Å²) < 4.78 is 0. The molecule has 0 aliphatic carbocycles. The van der Waals surface area contributed by atoms with E-state index in [9.17, 15) is 0 Å². The molecule has 0 unspecified atom stereocenters. The molecule has 0 aliphatic heterocycles. The molecular weight excluding hydrogens is 268 g/mol. The van der Waals surface area contributed by atoms with Crippen molar-refractivity contribution in [3.05, 3.63) is 67.3 Å². The predicted molar refractivity (Wildman–Crippen MR) is 83.6 cm³/mol. The Bertz CT molecular complexity index is 490. The first-order valence-corrected chi connectivity index (χ1v) is 6.09. The summed E-state index contributed by atoms with van der Waals surface area (Å²) in [7, 11) is 0. The van der Waals surface area contributed by atoms with E-state index in [-0.39, 0.29) is 11.5 Å². The quantitative estimate of drug-likeness (QED) is 0.321. The molecule has 21 heavy (non-hydrogen) atoms. The van der Waals surface area contributed by atoms with Gasteiger partial charge < -0.3 is 26.7 Å². The maximum absolute atomic E-state index is 8.70. The number of imidazole rings is 1. The first-order valence-electron chi connectivity index (χ1n) is 6.09. The van der Waals surface area contributed by atoms with Gasteiger partial charge in [-0.15, -0.1) is 0 Å². The van der Waals surface area contributed by atoms with Gasteiger partial charge in [0.1, 0.15) is 11.5 Å². The van der Waals surface area contributed by atoms with Crippen molar-refractivity contribution in [2.75, 3.05) is 11.5 Å². The van der Waals surface area contributed by atoms with Gasteiger partial charge in [0.15, 0.2) is 0 Å². The Kier molecular flexibility index (Phi) is 6.72. The first kappa shape index (κ1) is 15.9. The average Bonchev–Trinajstić information content (AvgIpc) is 3.06. The molecule has 0 saturated heterocycles. The summed E-state index contributed by atoms with van der Waals surface area (Å²) in [6.45, 7) is 0. The molecule has 1 aromatic heterocycles. The summed E-state index contributed by atoms with van der Waals surface area (Å²) in [6.07, 6.45) is 5.08. The van der Waals surface area contributed by atoms with E-state index >= 15 is 0 Å². The molecule has 6 heteroatoms. The largest absolute Gasteiger partial charge is 0.508 e. The Labute approximate surface area is 122 Å². The normalized spacial score (nSPS) is 8.76. The van der Waals surface area contributed by atoms with Crippen molar-refractivity contribution < 1.29 is 10.2 Å². The Morgan fingerprint density at radius 3 is 1.38 bits per heavy atom. The zero-order chi connectivity index (χ0) is 15.5. The number of hydrogen-bond donors (Lipinski definition) is 5. The van der Waals surface area contributed by atoms with Crippen molar-refractivity contribution in [3.63, 3.8) is 0 Å². The first-order chi connectivity index (χ1) is 10.1. The van der Waals surface area contributed by atoms with Crippen LogP contribution in [-0.2, 0) is 0 Å². The Balaban J connectivity index is 0.000000162. The number of aromatic hydroxyl groups is 2. The number of phenolic OH excluding ortho intramolecular Hbond substituents is 2. The molecule has 0 bridgehead atoms. The standard InChI is InChI=1S/2C6H7NO.C3H4N2/c2*7-5-1-3-6(8)4-2-5;1-2-5-3-4-1/h2*1-4,8H,7H2;1-3H,(H,4,5). The fourth-order valence-electron chi connectivity index (χ4n) is 1.16. The van der Waals surface area contributed by atoms with E-state index in [0.717, 1.165) is 0 Å². The number of benzene rings is 2. The third-order valence-corrected chi connectivity index (χ3v) is 2.19. The zero-order valence-corrected chi connectivity index (χ0v) is 11.3. The molecule has 7 N–H and O–H groups in total. The van der Waals surface area contributed by atoms with Gasteiger partial charge in [-0.05, 0) is 48.5 Å². The highest BCUT2D eigenvalue weighted by Crippen LogP contribution is 2.10. The lowest BCUT2D eigenvalue weighted by Gasteiger charge is -1.89. The number of hydrogen-bond acceptors (Lipinski definition) is 5. The number of anilines is 2. The van der Waals surface area contributed by atoms with E-state index in [0.29, 0.717) is 11.4 Å². The molecule has 0 atom stereocenters. The maximum Gasteiger partial charge on any atom is 0.115 e. The summed E-state index contributed by atoms with van der Waals surface area (Å²) >= 11 is 0. The van der Waals surface area contributed by atoms with Gasteiger partial charge in [0.05, 0.1) is 6.33 Å². The van der Waals surface area contributed by atoms with Gasteiger partial charge in [-0.1, -0.05) is 0 Å². The van der Waals surface area contributed by atoms with E-state index in [1.165, 1.54) is 0 Å². The van der Waals surface area contributed by atoms with Crippen LogP contribution in [0, 0.1) is 0 Å². The molecule has 3 aromatic rings. The van der Waals surface area contributed by atoms with E-state index in [1.807, 2.05) is 0 Å². The molecule has 2 aromatic carbocycles. The number of aromatic nitrogens is 2. The molecule has 0 amide bonds. The van der Waals surface area contributed by atoms with Crippen LogP contribution in [-0.4, -0.2) is 20.2 Å². The molecular formula is C15H18N4O2. The minimum absolute atomic E-state index is 0.249. The third kappa shape index (κ3) is 7.78. The van der Waals surface area contributed by atoms with Gasteiger partial charge >= 0.3 is 0 Å². The van der Waals surface area contributed by atoms with Crippen LogP contribution < -0.4 is 11.5 Å². The van der Waals surface area contributed by atoms with E-state index < -0.39 is 0 Å². The monoisotopic (exact) mass is 286 g/mol. The Morgan fingerprint density at radius 2 is 1.19 bits per heavy atom. The molecule has 3 rings (SSSR count). The summed E-state index contributed by atoms with van der Waals surface area (Å²) in [5.74, 6) is 0.499. The molecule has 0 saturated carbocycles.